The average molecular weight is 891 g/mol. The molecule has 0 unspecified atom stereocenters. The first-order chi connectivity index (χ1) is 30.8. The van der Waals surface area contributed by atoms with Gasteiger partial charge in [0.05, 0.1) is 23.5 Å². The van der Waals surface area contributed by atoms with Crippen molar-refractivity contribution in [1.82, 2.24) is 32.8 Å². The number of carboxylic acids is 1. The lowest BCUT2D eigenvalue weighted by Crippen LogP contribution is -2.51. The van der Waals surface area contributed by atoms with Crippen LogP contribution in [0, 0.1) is 6.92 Å². The predicted molar refractivity (Wildman–Crippen MR) is 254 cm³/mol. The highest BCUT2D eigenvalue weighted by molar-refractivity contribution is 7.86. The zero-order chi connectivity index (χ0) is 45.1. The van der Waals surface area contributed by atoms with Gasteiger partial charge in [-0.15, -0.1) is 0 Å². The van der Waals surface area contributed by atoms with Crippen LogP contribution in [0.4, 0.5) is 5.69 Å². The maximum Gasteiger partial charge on any atom is 0.352 e. The summed E-state index contributed by atoms with van der Waals surface area (Å²) in [5.41, 5.74) is 6.62. The molecule has 4 heterocycles. The Morgan fingerprint density at radius 2 is 1.52 bits per heavy atom. The summed E-state index contributed by atoms with van der Waals surface area (Å²) in [4.78, 5) is 20.6. The van der Waals surface area contributed by atoms with E-state index in [0.717, 1.165) is 93.9 Å². The minimum atomic E-state index is -3.45. The van der Waals surface area contributed by atoms with Crippen molar-refractivity contribution < 1.29 is 27.8 Å². The fourth-order valence-electron chi connectivity index (χ4n) is 9.44. The maximum absolute atomic E-state index is 13.5. The Labute approximate surface area is 377 Å². The number of piperazine rings is 2. The normalized spacial score (nSPS) is 15.8. The third-order valence-electron chi connectivity index (χ3n) is 13.0. The number of carboxylic acid groups (broad SMARTS) is 1. The van der Waals surface area contributed by atoms with E-state index in [4.69, 9.17) is 14.6 Å². The van der Waals surface area contributed by atoms with Crippen molar-refractivity contribution in [2.24, 2.45) is 7.05 Å². The second-order valence-electron chi connectivity index (χ2n) is 17.4. The molecule has 6 aromatic rings. The molecule has 0 amide bonds. The lowest BCUT2D eigenvalue weighted by molar-refractivity contribution is 0.0681. The van der Waals surface area contributed by atoms with E-state index >= 15 is 0 Å². The van der Waals surface area contributed by atoms with Crippen LogP contribution in [-0.2, 0) is 36.8 Å². The number of aromatic nitrogens is 3. The first-order valence-electron chi connectivity index (χ1n) is 22.4. The number of carbonyl (C=O) groups is 1. The molecule has 0 bridgehead atoms. The van der Waals surface area contributed by atoms with Crippen molar-refractivity contribution >= 4 is 43.5 Å². The molecule has 0 atom stereocenters. The molecule has 2 fully saturated rings. The second kappa shape index (κ2) is 19.3. The molecule has 4 aromatic carbocycles. The van der Waals surface area contributed by atoms with Crippen molar-refractivity contribution in [3.05, 3.63) is 108 Å². The molecule has 340 valence electrons. The first-order valence-corrected chi connectivity index (χ1v) is 23.8. The summed E-state index contributed by atoms with van der Waals surface area (Å²) in [5, 5.41) is 19.0. The van der Waals surface area contributed by atoms with E-state index in [1.54, 1.807) is 14.1 Å². The van der Waals surface area contributed by atoms with Crippen LogP contribution >= 0.6 is 0 Å². The number of nitrogens with zero attached hydrogens (tertiary/aromatic N) is 8. The van der Waals surface area contributed by atoms with E-state index in [1.165, 1.54) is 8.61 Å². The van der Waals surface area contributed by atoms with Crippen LogP contribution < -0.4 is 14.4 Å². The number of hydrogen-bond donors (Lipinski definition) is 1. The van der Waals surface area contributed by atoms with E-state index in [0.29, 0.717) is 69.7 Å². The summed E-state index contributed by atoms with van der Waals surface area (Å²) in [5.74, 6) is 0.583. The fourth-order valence-corrected chi connectivity index (χ4v) is 10.5. The molecular weight excluding hydrogens is 829 g/mol. The Morgan fingerprint density at radius 3 is 2.22 bits per heavy atom. The second-order valence-corrected chi connectivity index (χ2v) is 19.5. The number of aromatic carboxylic acids is 1. The minimum absolute atomic E-state index is 0.245. The zero-order valence-electron chi connectivity index (χ0n) is 38.0. The van der Waals surface area contributed by atoms with Crippen LogP contribution in [-0.4, -0.2) is 138 Å². The van der Waals surface area contributed by atoms with Crippen molar-refractivity contribution in [3.8, 4) is 22.6 Å². The van der Waals surface area contributed by atoms with Gasteiger partial charge in [0.15, 0.2) is 0 Å². The van der Waals surface area contributed by atoms with Crippen molar-refractivity contribution in [1.29, 1.82) is 0 Å². The Balaban J connectivity index is 1.06. The molecule has 0 aliphatic carbocycles. The van der Waals surface area contributed by atoms with E-state index in [2.05, 4.69) is 58.9 Å². The average Bonchev–Trinajstić information content (AvgIpc) is 3.77. The van der Waals surface area contributed by atoms with Gasteiger partial charge in [-0.1, -0.05) is 54.6 Å². The molecule has 8 rings (SSSR count). The summed E-state index contributed by atoms with van der Waals surface area (Å²) in [6.45, 7) is 14.3. The van der Waals surface area contributed by atoms with Gasteiger partial charge >= 0.3 is 5.97 Å². The van der Waals surface area contributed by atoms with Gasteiger partial charge in [-0.25, -0.2) is 4.79 Å². The third-order valence-corrected chi connectivity index (χ3v) is 14.9. The van der Waals surface area contributed by atoms with Gasteiger partial charge in [-0.2, -0.15) is 22.1 Å². The largest absolute Gasteiger partial charge is 0.493 e. The molecule has 2 aliphatic heterocycles. The van der Waals surface area contributed by atoms with Gasteiger partial charge in [0, 0.05) is 120 Å². The Bertz CT molecular complexity index is 2690. The van der Waals surface area contributed by atoms with E-state index in [9.17, 15) is 18.3 Å². The molecule has 14 nitrogen and oxygen atoms in total. The number of ether oxygens (including phenoxy) is 2. The Morgan fingerprint density at radius 1 is 0.828 bits per heavy atom. The van der Waals surface area contributed by atoms with Crippen LogP contribution in [0.25, 0.3) is 32.8 Å². The highest BCUT2D eigenvalue weighted by atomic mass is 32.2. The van der Waals surface area contributed by atoms with Gasteiger partial charge in [0.1, 0.15) is 23.8 Å². The molecule has 2 saturated heterocycles. The molecule has 15 heteroatoms. The molecule has 0 spiro atoms. The van der Waals surface area contributed by atoms with E-state index < -0.39 is 16.2 Å². The molecule has 64 heavy (non-hydrogen) atoms. The number of para-hydroxylation sites is 1. The minimum Gasteiger partial charge on any atom is -0.493 e. The van der Waals surface area contributed by atoms with E-state index in [-0.39, 0.29) is 6.61 Å². The SMILES string of the molecule is Cc1nn(C)c(COc2ccc(N3CCN(S(=O)(=O)N(C)C)CC3)cc2)c1-c1cccc2c(CCCOc3cccc4ccccc34)c(C(=O)O)n(CCN3CCN(C(C)C)CC3)c12. The number of rotatable bonds is 17. The first kappa shape index (κ1) is 45.1. The van der Waals surface area contributed by atoms with Crippen LogP contribution in [0.1, 0.15) is 47.7 Å². The molecule has 0 saturated carbocycles. The summed E-state index contributed by atoms with van der Waals surface area (Å²) < 4.78 is 44.8. The zero-order valence-corrected chi connectivity index (χ0v) is 38.9. The summed E-state index contributed by atoms with van der Waals surface area (Å²) in [6.07, 6.45) is 1.18. The molecule has 2 aromatic heterocycles. The van der Waals surface area contributed by atoms with Crippen molar-refractivity contribution in [3.63, 3.8) is 0 Å². The topological polar surface area (TPSA) is 129 Å². The van der Waals surface area contributed by atoms with E-state index in [1.807, 2.05) is 77.8 Å². The monoisotopic (exact) mass is 890 g/mol. The predicted octanol–water partition coefficient (Wildman–Crippen LogP) is 6.75. The number of aryl methyl sites for hydroxylation is 3. The molecule has 2 aliphatic rings. The number of fused-ring (bicyclic) bond motifs is 2. The summed E-state index contributed by atoms with van der Waals surface area (Å²) >= 11 is 0. The third kappa shape index (κ3) is 9.36. The highest BCUT2D eigenvalue weighted by Crippen LogP contribution is 2.39. The van der Waals surface area contributed by atoms with Crippen molar-refractivity contribution in [2.45, 2.75) is 52.8 Å². The molecule has 1 N–H and O–H groups in total. The number of benzene rings is 4. The summed E-state index contributed by atoms with van der Waals surface area (Å²) in [7, 11) is 1.60. The summed E-state index contributed by atoms with van der Waals surface area (Å²) in [6, 6.07) is 28.8. The quantitative estimate of drug-likeness (QED) is 0.0984. The maximum atomic E-state index is 13.5. The van der Waals surface area contributed by atoms with Gasteiger partial charge in [0.25, 0.3) is 10.2 Å². The van der Waals surface area contributed by atoms with Gasteiger partial charge in [-0.05, 0) is 74.9 Å². The van der Waals surface area contributed by atoms with Crippen LogP contribution in [0.3, 0.4) is 0 Å². The van der Waals surface area contributed by atoms with Crippen LogP contribution in [0.5, 0.6) is 11.5 Å². The lowest BCUT2D eigenvalue weighted by atomic mass is 9.98. The Kier molecular flexibility index (Phi) is 13.6. The number of hydrogen-bond acceptors (Lipinski definition) is 9. The lowest BCUT2D eigenvalue weighted by Gasteiger charge is -2.37. The highest BCUT2D eigenvalue weighted by Gasteiger charge is 2.30. The molecular formula is C49H62N8O6S. The molecule has 0 radical (unpaired) electrons. The fraction of sp³-hybridized carbons (Fsp3) is 0.429. The van der Waals surface area contributed by atoms with Gasteiger partial charge in [-0.3, -0.25) is 14.5 Å². The van der Waals surface area contributed by atoms with Crippen LogP contribution in [0.2, 0.25) is 0 Å². The van der Waals surface area contributed by atoms with Crippen molar-refractivity contribution in [2.75, 3.05) is 84.5 Å². The Hall–Kier alpha value is -5.45. The standard InChI is InChI=1S/C49H62N8O6S/c1-35(2)54-26-23-53(24-27-54)25-32-57-47-41(42(48(57)49(58)59)17-11-33-62-45-18-9-13-37-12-7-8-14-40(37)45)15-10-16-43(47)46-36(3)50-52(6)44(46)34-63-39-21-19-38(20-22-39)55-28-30-56(31-29-55)64(60,61)51(4)5/h7-10,12-16,18-22,35H,11,17,23-34H2,1-6H3,(H,58,59). The van der Waals surface area contributed by atoms with Crippen LogP contribution in [0.15, 0.2) is 84.9 Å². The van der Waals surface area contributed by atoms with Gasteiger partial charge < -0.3 is 24.0 Å². The smallest absolute Gasteiger partial charge is 0.352 e. The number of anilines is 1. The van der Waals surface area contributed by atoms with Gasteiger partial charge in [0.2, 0.25) is 0 Å².